The van der Waals surface area contributed by atoms with Gasteiger partial charge in [0.15, 0.2) is 4.21 Å². The molecule has 0 radical (unpaired) electrons. The molecule has 5 nitrogen and oxygen atoms in total. The summed E-state index contributed by atoms with van der Waals surface area (Å²) in [5.74, 6) is 0. The van der Waals surface area contributed by atoms with Gasteiger partial charge in [0.2, 0.25) is 0 Å². The Morgan fingerprint density at radius 1 is 1.25 bits per heavy atom. The number of rotatable bonds is 3. The molecule has 108 valence electrons. The van der Waals surface area contributed by atoms with Crippen LogP contribution in [0.4, 0.5) is 0 Å². The average molecular weight is 334 g/mol. The van der Waals surface area contributed by atoms with E-state index >= 15 is 0 Å². The van der Waals surface area contributed by atoms with Crippen molar-refractivity contribution in [1.29, 1.82) is 0 Å². The highest BCUT2D eigenvalue weighted by molar-refractivity contribution is 7.89. The second kappa shape index (κ2) is 5.23. The van der Waals surface area contributed by atoms with E-state index in [4.69, 9.17) is 15.9 Å². The fraction of sp³-hybridized carbons (Fsp3) is 0.250. The van der Waals surface area contributed by atoms with E-state index < -0.39 is 15.7 Å². The maximum atomic E-state index is 12.1. The maximum absolute atomic E-state index is 12.1. The molecule has 0 unspecified atom stereocenters. The molecule has 2 rings (SSSR count). The molecule has 2 aromatic rings. The van der Waals surface area contributed by atoms with Crippen LogP contribution < -0.4 is 9.84 Å². The van der Waals surface area contributed by atoms with Gasteiger partial charge in [0, 0.05) is 5.56 Å². The van der Waals surface area contributed by atoms with Gasteiger partial charge in [-0.1, -0.05) is 17.7 Å². The summed E-state index contributed by atoms with van der Waals surface area (Å²) in [4.78, 5) is 12.1. The first-order valence-corrected chi connectivity index (χ1v) is 8.29. The van der Waals surface area contributed by atoms with Gasteiger partial charge in [-0.25, -0.2) is 0 Å². The number of pyridine rings is 1. The SMILES string of the molecule is Cc1c(Cl)c(C)n(OS(=O)(=O)c2cccs2)c(=O)c1C. The van der Waals surface area contributed by atoms with E-state index in [-0.39, 0.29) is 9.90 Å². The molecule has 0 saturated carbocycles. The van der Waals surface area contributed by atoms with Gasteiger partial charge in [0.1, 0.15) is 0 Å². The molecule has 20 heavy (non-hydrogen) atoms. The molecule has 0 N–H and O–H groups in total. The Kier molecular flexibility index (Phi) is 3.95. The van der Waals surface area contributed by atoms with Gasteiger partial charge in [-0.2, -0.15) is 8.42 Å². The summed E-state index contributed by atoms with van der Waals surface area (Å²) in [6.45, 7) is 4.80. The maximum Gasteiger partial charge on any atom is 0.366 e. The lowest BCUT2D eigenvalue weighted by Crippen LogP contribution is -2.34. The first kappa shape index (κ1) is 15.1. The topological polar surface area (TPSA) is 65.4 Å². The van der Waals surface area contributed by atoms with Crippen molar-refractivity contribution >= 4 is 33.1 Å². The number of hydrogen-bond donors (Lipinski definition) is 0. The first-order chi connectivity index (χ1) is 9.25. The number of aromatic nitrogens is 1. The number of halogens is 1. The molecule has 0 fully saturated rings. The first-order valence-electron chi connectivity index (χ1n) is 5.62. The van der Waals surface area contributed by atoms with Crippen LogP contribution in [-0.4, -0.2) is 13.1 Å². The lowest BCUT2D eigenvalue weighted by atomic mass is 10.1. The molecular formula is C12H12ClNO4S2. The van der Waals surface area contributed by atoms with E-state index in [1.807, 2.05) is 0 Å². The molecule has 0 aromatic carbocycles. The van der Waals surface area contributed by atoms with Crippen LogP contribution in [0.2, 0.25) is 5.02 Å². The standard InChI is InChI=1S/C12H12ClNO4S2/c1-7-8(2)12(15)14(9(3)11(7)13)18-20(16,17)10-5-4-6-19-10/h4-6H,1-3H3. The third kappa shape index (κ3) is 2.48. The van der Waals surface area contributed by atoms with Crippen molar-refractivity contribution in [3.63, 3.8) is 0 Å². The van der Waals surface area contributed by atoms with Gasteiger partial charge in [0.05, 0.1) is 10.7 Å². The Balaban J connectivity index is 2.59. The van der Waals surface area contributed by atoms with Crippen LogP contribution in [0, 0.1) is 20.8 Å². The molecular weight excluding hydrogens is 322 g/mol. The minimum Gasteiger partial charge on any atom is -0.280 e. The number of thiophene rings is 1. The van der Waals surface area contributed by atoms with E-state index in [1.165, 1.54) is 13.0 Å². The molecule has 0 atom stereocenters. The van der Waals surface area contributed by atoms with E-state index in [9.17, 15) is 13.2 Å². The minimum atomic E-state index is -4.04. The van der Waals surface area contributed by atoms with Gasteiger partial charge in [-0.05, 0) is 37.8 Å². The fourth-order valence-electron chi connectivity index (χ4n) is 1.62. The van der Waals surface area contributed by atoms with Gasteiger partial charge in [-0.3, -0.25) is 9.08 Å². The van der Waals surface area contributed by atoms with E-state index in [0.29, 0.717) is 16.1 Å². The second-order valence-electron chi connectivity index (χ2n) is 4.21. The summed E-state index contributed by atoms with van der Waals surface area (Å²) in [6.07, 6.45) is 0. The summed E-state index contributed by atoms with van der Waals surface area (Å²) < 4.78 is 29.8. The van der Waals surface area contributed by atoms with Crippen molar-refractivity contribution in [2.45, 2.75) is 25.0 Å². The molecule has 0 spiro atoms. The molecule has 0 aliphatic heterocycles. The Bertz CT molecular complexity index is 807. The van der Waals surface area contributed by atoms with Crippen LogP contribution in [0.15, 0.2) is 26.5 Å². The van der Waals surface area contributed by atoms with Crippen LogP contribution in [0.3, 0.4) is 0 Å². The van der Waals surface area contributed by atoms with Crippen molar-refractivity contribution in [2.24, 2.45) is 0 Å². The highest BCUT2D eigenvalue weighted by Gasteiger charge is 2.22. The monoisotopic (exact) mass is 333 g/mol. The predicted molar refractivity (Wildman–Crippen MR) is 78.0 cm³/mol. The van der Waals surface area contributed by atoms with Gasteiger partial charge >= 0.3 is 10.1 Å². The Labute approximate surface area is 125 Å². The number of hydrogen-bond acceptors (Lipinski definition) is 5. The zero-order valence-electron chi connectivity index (χ0n) is 11.0. The highest BCUT2D eigenvalue weighted by Crippen LogP contribution is 2.21. The van der Waals surface area contributed by atoms with Crippen LogP contribution in [0.1, 0.15) is 16.8 Å². The smallest absolute Gasteiger partial charge is 0.280 e. The van der Waals surface area contributed by atoms with Crippen molar-refractivity contribution in [1.82, 2.24) is 4.73 Å². The van der Waals surface area contributed by atoms with E-state index in [1.54, 1.807) is 25.3 Å². The Hall–Kier alpha value is -1.31. The second-order valence-corrected chi connectivity index (χ2v) is 7.29. The highest BCUT2D eigenvalue weighted by atomic mass is 35.5. The average Bonchev–Trinajstić information content (AvgIpc) is 2.94. The third-order valence-electron chi connectivity index (χ3n) is 2.93. The zero-order chi connectivity index (χ0) is 15.1. The van der Waals surface area contributed by atoms with E-state index in [0.717, 1.165) is 16.1 Å². The lowest BCUT2D eigenvalue weighted by Gasteiger charge is -2.14. The van der Waals surface area contributed by atoms with Crippen LogP contribution in [-0.2, 0) is 10.1 Å². The van der Waals surface area contributed by atoms with Crippen LogP contribution in [0.25, 0.3) is 0 Å². The van der Waals surface area contributed by atoms with E-state index in [2.05, 4.69) is 0 Å². The number of nitrogens with zero attached hydrogens (tertiary/aromatic N) is 1. The largest absolute Gasteiger partial charge is 0.366 e. The molecule has 0 amide bonds. The van der Waals surface area contributed by atoms with Crippen LogP contribution in [0.5, 0.6) is 0 Å². The summed E-state index contributed by atoms with van der Waals surface area (Å²) in [6, 6.07) is 2.99. The molecule has 2 aromatic heterocycles. The minimum absolute atomic E-state index is 0.0261. The van der Waals surface area contributed by atoms with Crippen molar-refractivity contribution in [3.05, 3.63) is 49.7 Å². The Morgan fingerprint density at radius 2 is 1.90 bits per heavy atom. The van der Waals surface area contributed by atoms with Crippen molar-refractivity contribution < 1.29 is 12.7 Å². The summed E-state index contributed by atoms with van der Waals surface area (Å²) >= 11 is 7.09. The Morgan fingerprint density at radius 3 is 2.45 bits per heavy atom. The summed E-state index contributed by atoms with van der Waals surface area (Å²) in [5, 5.41) is 1.92. The normalized spacial score (nSPS) is 11.6. The molecule has 0 aliphatic rings. The molecule has 0 saturated heterocycles. The summed E-state index contributed by atoms with van der Waals surface area (Å²) in [5.41, 5.74) is 0.675. The summed E-state index contributed by atoms with van der Waals surface area (Å²) in [7, 11) is -4.04. The fourth-order valence-corrected chi connectivity index (χ4v) is 3.71. The third-order valence-corrected chi connectivity index (χ3v) is 6.03. The van der Waals surface area contributed by atoms with Gasteiger partial charge < -0.3 is 0 Å². The van der Waals surface area contributed by atoms with Crippen LogP contribution >= 0.6 is 22.9 Å². The predicted octanol–water partition coefficient (Wildman–Crippen LogP) is 2.31. The molecule has 2 heterocycles. The molecule has 0 bridgehead atoms. The quantitative estimate of drug-likeness (QED) is 0.864. The molecule has 0 aliphatic carbocycles. The zero-order valence-corrected chi connectivity index (χ0v) is 13.4. The van der Waals surface area contributed by atoms with Gasteiger partial charge in [0.25, 0.3) is 5.56 Å². The van der Waals surface area contributed by atoms with Crippen molar-refractivity contribution in [3.8, 4) is 0 Å². The van der Waals surface area contributed by atoms with Crippen molar-refractivity contribution in [2.75, 3.05) is 0 Å². The lowest BCUT2D eigenvalue weighted by molar-refractivity contribution is 0.259. The van der Waals surface area contributed by atoms with Gasteiger partial charge in [-0.15, -0.1) is 16.1 Å². The molecule has 8 heteroatoms.